The Morgan fingerprint density at radius 2 is 1.56 bits per heavy atom. The normalized spacial score (nSPS) is 14.2. The number of Topliss-reactive ketones (excluding diaryl/α,β-unsaturated/α-hetero) is 1. The van der Waals surface area contributed by atoms with E-state index < -0.39 is 11.5 Å². The van der Waals surface area contributed by atoms with Gasteiger partial charge in [-0.15, -0.1) is 0 Å². The lowest BCUT2D eigenvalue weighted by Gasteiger charge is -2.26. The number of nitrogens with one attached hydrogen (secondary N) is 1. The lowest BCUT2D eigenvalue weighted by molar-refractivity contribution is -0.129. The monoisotopic (exact) mass is 257 g/mol. The van der Waals surface area contributed by atoms with Crippen LogP contribution in [-0.4, -0.2) is 29.4 Å². The van der Waals surface area contributed by atoms with Crippen LogP contribution in [0.2, 0.25) is 0 Å². The Balaban J connectivity index is 3.98. The number of ketones is 1. The lowest BCUT2D eigenvalue weighted by Crippen LogP contribution is -2.39. The van der Waals surface area contributed by atoms with Crippen LogP contribution in [0.15, 0.2) is 0 Å². The predicted octanol–water partition coefficient (Wildman–Crippen LogP) is 1.90. The van der Waals surface area contributed by atoms with Gasteiger partial charge in [0, 0.05) is 24.8 Å². The molecule has 0 aromatic heterocycles. The highest BCUT2D eigenvalue weighted by atomic mass is 16.3. The zero-order valence-corrected chi connectivity index (χ0v) is 12.5. The second-order valence-electron chi connectivity index (χ2n) is 6.86. The molecule has 0 saturated carbocycles. The molecule has 0 bridgehead atoms. The Kier molecular flexibility index (Phi) is 6.00. The van der Waals surface area contributed by atoms with E-state index in [9.17, 15) is 14.7 Å². The zero-order chi connectivity index (χ0) is 14.6. The Labute approximate surface area is 110 Å². The molecule has 0 aliphatic rings. The summed E-state index contributed by atoms with van der Waals surface area (Å²) < 4.78 is 0. The fourth-order valence-electron chi connectivity index (χ4n) is 1.21. The molecule has 2 N–H and O–H groups in total. The van der Waals surface area contributed by atoms with E-state index in [1.807, 2.05) is 41.5 Å². The van der Waals surface area contributed by atoms with E-state index in [1.165, 1.54) is 0 Å². The second kappa shape index (κ2) is 6.32. The van der Waals surface area contributed by atoms with Gasteiger partial charge in [0.1, 0.15) is 5.78 Å². The van der Waals surface area contributed by atoms with E-state index in [0.29, 0.717) is 0 Å². The molecule has 1 atom stereocenters. The summed E-state index contributed by atoms with van der Waals surface area (Å²) in [5.74, 6) is -0.107. The molecule has 18 heavy (non-hydrogen) atoms. The highest BCUT2D eigenvalue weighted by Gasteiger charge is 2.24. The largest absolute Gasteiger partial charge is 0.391 e. The van der Waals surface area contributed by atoms with Crippen LogP contribution in [0, 0.1) is 10.8 Å². The first-order valence-electron chi connectivity index (χ1n) is 6.42. The summed E-state index contributed by atoms with van der Waals surface area (Å²) in [4.78, 5) is 23.2. The highest BCUT2D eigenvalue weighted by molar-refractivity contribution is 5.88. The minimum atomic E-state index is -0.584. The van der Waals surface area contributed by atoms with E-state index in [4.69, 9.17) is 0 Å². The van der Waals surface area contributed by atoms with E-state index in [2.05, 4.69) is 5.32 Å². The molecule has 0 aromatic carbocycles. The standard InChI is InChI=1S/C14H27NO3/c1-13(2,3)10(16)7-8-12(18)15-9-11(17)14(4,5)6/h11,17H,7-9H2,1-6H3,(H,15,18). The van der Waals surface area contributed by atoms with Crippen molar-refractivity contribution < 1.29 is 14.7 Å². The van der Waals surface area contributed by atoms with Crippen LogP contribution in [0.4, 0.5) is 0 Å². The molecule has 0 heterocycles. The number of rotatable bonds is 5. The Morgan fingerprint density at radius 3 is 1.94 bits per heavy atom. The molecule has 4 nitrogen and oxygen atoms in total. The van der Waals surface area contributed by atoms with E-state index in [0.717, 1.165) is 0 Å². The average Bonchev–Trinajstić information content (AvgIpc) is 2.19. The number of amides is 1. The number of carbonyl (C=O) groups is 2. The summed E-state index contributed by atoms with van der Waals surface area (Å²) in [7, 11) is 0. The van der Waals surface area contributed by atoms with Crippen molar-refractivity contribution in [3.63, 3.8) is 0 Å². The molecular formula is C14H27NO3. The van der Waals surface area contributed by atoms with Crippen molar-refractivity contribution in [3.05, 3.63) is 0 Å². The fraction of sp³-hybridized carbons (Fsp3) is 0.857. The van der Waals surface area contributed by atoms with Crippen LogP contribution in [-0.2, 0) is 9.59 Å². The quantitative estimate of drug-likeness (QED) is 0.790. The number of hydrogen-bond acceptors (Lipinski definition) is 3. The van der Waals surface area contributed by atoms with E-state index >= 15 is 0 Å². The van der Waals surface area contributed by atoms with Crippen molar-refractivity contribution in [2.45, 2.75) is 60.5 Å². The number of aliphatic hydroxyl groups excluding tert-OH is 1. The topological polar surface area (TPSA) is 66.4 Å². The van der Waals surface area contributed by atoms with Crippen molar-refractivity contribution in [2.75, 3.05) is 6.54 Å². The van der Waals surface area contributed by atoms with Gasteiger partial charge in [-0.1, -0.05) is 41.5 Å². The smallest absolute Gasteiger partial charge is 0.220 e. The molecule has 0 rings (SSSR count). The highest BCUT2D eigenvalue weighted by Crippen LogP contribution is 2.19. The fourth-order valence-corrected chi connectivity index (χ4v) is 1.21. The van der Waals surface area contributed by atoms with Crippen molar-refractivity contribution in [2.24, 2.45) is 10.8 Å². The van der Waals surface area contributed by atoms with E-state index in [1.54, 1.807) is 0 Å². The van der Waals surface area contributed by atoms with Crippen molar-refractivity contribution in [1.82, 2.24) is 5.32 Å². The molecule has 0 saturated heterocycles. The van der Waals surface area contributed by atoms with Crippen LogP contribution < -0.4 is 5.32 Å². The molecule has 0 radical (unpaired) electrons. The van der Waals surface area contributed by atoms with Gasteiger partial charge in [-0.25, -0.2) is 0 Å². The number of aliphatic hydroxyl groups is 1. The van der Waals surface area contributed by atoms with E-state index in [-0.39, 0.29) is 36.5 Å². The third-order valence-corrected chi connectivity index (χ3v) is 2.91. The second-order valence-corrected chi connectivity index (χ2v) is 6.86. The zero-order valence-electron chi connectivity index (χ0n) is 12.5. The van der Waals surface area contributed by atoms with Crippen LogP contribution in [0.3, 0.4) is 0 Å². The predicted molar refractivity (Wildman–Crippen MR) is 72.2 cm³/mol. The van der Waals surface area contributed by atoms with Gasteiger partial charge >= 0.3 is 0 Å². The maximum Gasteiger partial charge on any atom is 0.220 e. The lowest BCUT2D eigenvalue weighted by atomic mass is 9.88. The Bertz CT molecular complexity index is 297. The number of carbonyl (C=O) groups excluding carboxylic acids is 2. The molecular weight excluding hydrogens is 230 g/mol. The maximum absolute atomic E-state index is 11.6. The molecule has 106 valence electrons. The summed E-state index contributed by atoms with van der Waals surface area (Å²) >= 11 is 0. The van der Waals surface area contributed by atoms with Gasteiger partial charge in [0.15, 0.2) is 0 Å². The Hall–Kier alpha value is -0.900. The summed E-state index contributed by atoms with van der Waals surface area (Å²) in [6.45, 7) is 11.5. The molecule has 1 amide bonds. The summed E-state index contributed by atoms with van der Waals surface area (Å²) in [6.07, 6.45) is -0.145. The molecule has 0 spiro atoms. The van der Waals surface area contributed by atoms with Gasteiger partial charge < -0.3 is 10.4 Å². The molecule has 0 aliphatic carbocycles. The summed E-state index contributed by atoms with van der Waals surface area (Å²) in [5.41, 5.74) is -0.653. The van der Waals surface area contributed by atoms with Crippen molar-refractivity contribution in [3.8, 4) is 0 Å². The third kappa shape index (κ3) is 6.74. The third-order valence-electron chi connectivity index (χ3n) is 2.91. The first kappa shape index (κ1) is 17.1. The average molecular weight is 257 g/mol. The van der Waals surface area contributed by atoms with Crippen molar-refractivity contribution in [1.29, 1.82) is 0 Å². The number of hydrogen-bond donors (Lipinski definition) is 2. The van der Waals surface area contributed by atoms with Gasteiger partial charge in [-0.3, -0.25) is 9.59 Å². The summed E-state index contributed by atoms with van der Waals surface area (Å²) in [6, 6.07) is 0. The first-order valence-corrected chi connectivity index (χ1v) is 6.42. The van der Waals surface area contributed by atoms with Gasteiger partial charge in [0.05, 0.1) is 6.10 Å². The SMILES string of the molecule is CC(C)(C)C(=O)CCC(=O)NCC(O)C(C)(C)C. The first-order chi connectivity index (χ1) is 7.94. The molecule has 0 fully saturated rings. The molecule has 1 unspecified atom stereocenters. The maximum atomic E-state index is 11.6. The Morgan fingerprint density at radius 1 is 1.06 bits per heavy atom. The van der Waals surface area contributed by atoms with Gasteiger partial charge in [0.2, 0.25) is 5.91 Å². The van der Waals surface area contributed by atoms with Crippen LogP contribution >= 0.6 is 0 Å². The van der Waals surface area contributed by atoms with Crippen molar-refractivity contribution >= 4 is 11.7 Å². The molecule has 0 aromatic rings. The minimum absolute atomic E-state index is 0.0778. The van der Waals surface area contributed by atoms with Crippen LogP contribution in [0.1, 0.15) is 54.4 Å². The van der Waals surface area contributed by atoms with Gasteiger partial charge in [-0.2, -0.15) is 0 Å². The molecule has 0 aliphatic heterocycles. The van der Waals surface area contributed by atoms with Crippen LogP contribution in [0.25, 0.3) is 0 Å². The van der Waals surface area contributed by atoms with Crippen LogP contribution in [0.5, 0.6) is 0 Å². The molecule has 4 heteroatoms. The summed E-state index contributed by atoms with van der Waals surface area (Å²) in [5, 5.41) is 12.4. The minimum Gasteiger partial charge on any atom is -0.391 e. The van der Waals surface area contributed by atoms with Gasteiger partial charge in [0.25, 0.3) is 0 Å². The van der Waals surface area contributed by atoms with Gasteiger partial charge in [-0.05, 0) is 5.41 Å².